The number of carbonyl (C=O) groups is 1. The van der Waals surface area contributed by atoms with Gasteiger partial charge in [0.2, 0.25) is 0 Å². The van der Waals surface area contributed by atoms with E-state index in [2.05, 4.69) is 0 Å². The first-order chi connectivity index (χ1) is 4.54. The van der Waals surface area contributed by atoms with Gasteiger partial charge in [0.15, 0.2) is 5.78 Å². The monoisotopic (exact) mass is 142 g/mol. The summed E-state index contributed by atoms with van der Waals surface area (Å²) in [4.78, 5) is 11.1. The van der Waals surface area contributed by atoms with Crippen LogP contribution in [0.1, 0.15) is 20.8 Å². The van der Waals surface area contributed by atoms with Crippen molar-refractivity contribution in [1.82, 2.24) is 0 Å². The van der Waals surface area contributed by atoms with Crippen molar-refractivity contribution in [1.29, 1.82) is 0 Å². The highest BCUT2D eigenvalue weighted by atomic mass is 16.5. The van der Waals surface area contributed by atoms with Crippen LogP contribution in [0.2, 0.25) is 0 Å². The predicted octanol–water partition coefficient (Wildman–Crippen LogP) is 1.56. The maximum Gasteiger partial charge on any atom is 0.186 e. The maximum absolute atomic E-state index is 11.1. The Labute approximate surface area is 61.9 Å². The third-order valence-electron chi connectivity index (χ3n) is 1.42. The van der Waals surface area contributed by atoms with Crippen molar-refractivity contribution in [3.8, 4) is 0 Å². The standard InChI is InChI=1S/C8H14O2/c1-5-6-7(9)8(2,3)10-4/h5-6H,1-4H3/b6-5+. The molecule has 0 fully saturated rings. The zero-order valence-corrected chi connectivity index (χ0v) is 6.97. The lowest BCUT2D eigenvalue weighted by Gasteiger charge is -2.18. The molecule has 0 unspecified atom stereocenters. The topological polar surface area (TPSA) is 26.3 Å². The van der Waals surface area contributed by atoms with E-state index < -0.39 is 5.60 Å². The molecule has 0 aliphatic carbocycles. The Balaban J connectivity index is 4.18. The molecule has 0 amide bonds. The molecule has 0 aromatic carbocycles. The molecule has 0 saturated heterocycles. The van der Waals surface area contributed by atoms with E-state index in [9.17, 15) is 4.79 Å². The normalized spacial score (nSPS) is 12.4. The first-order valence-corrected chi connectivity index (χ1v) is 3.27. The van der Waals surface area contributed by atoms with Gasteiger partial charge in [0.25, 0.3) is 0 Å². The van der Waals surface area contributed by atoms with Crippen molar-refractivity contribution in [2.45, 2.75) is 26.4 Å². The third kappa shape index (κ3) is 2.31. The summed E-state index contributed by atoms with van der Waals surface area (Å²) in [7, 11) is 1.53. The minimum absolute atomic E-state index is 0.00231. The average Bonchev–Trinajstić information content (AvgIpc) is 1.89. The Kier molecular flexibility index (Phi) is 3.30. The van der Waals surface area contributed by atoms with Crippen LogP contribution >= 0.6 is 0 Å². The molecule has 0 saturated carbocycles. The van der Waals surface area contributed by atoms with Crippen LogP contribution in [0.5, 0.6) is 0 Å². The van der Waals surface area contributed by atoms with Crippen molar-refractivity contribution in [3.63, 3.8) is 0 Å². The minimum atomic E-state index is -0.674. The van der Waals surface area contributed by atoms with Crippen molar-refractivity contribution in [2.24, 2.45) is 0 Å². The van der Waals surface area contributed by atoms with Gasteiger partial charge in [0, 0.05) is 7.11 Å². The summed E-state index contributed by atoms with van der Waals surface area (Å²) in [6.45, 7) is 5.30. The van der Waals surface area contributed by atoms with E-state index in [1.54, 1.807) is 19.9 Å². The summed E-state index contributed by atoms with van der Waals surface area (Å²) < 4.78 is 4.95. The molecular weight excluding hydrogens is 128 g/mol. The molecule has 10 heavy (non-hydrogen) atoms. The molecule has 0 heterocycles. The molecule has 0 radical (unpaired) electrons. The van der Waals surface area contributed by atoms with E-state index in [0.29, 0.717) is 0 Å². The van der Waals surface area contributed by atoms with E-state index in [0.717, 1.165) is 0 Å². The zero-order valence-electron chi connectivity index (χ0n) is 6.97. The summed E-state index contributed by atoms with van der Waals surface area (Å²) in [5.41, 5.74) is -0.674. The number of methoxy groups -OCH3 is 1. The predicted molar refractivity (Wildman–Crippen MR) is 40.9 cm³/mol. The fourth-order valence-electron chi connectivity index (χ4n) is 0.453. The number of allylic oxidation sites excluding steroid dienone is 1. The number of hydrogen-bond acceptors (Lipinski definition) is 2. The van der Waals surface area contributed by atoms with Gasteiger partial charge >= 0.3 is 0 Å². The van der Waals surface area contributed by atoms with Crippen molar-refractivity contribution < 1.29 is 9.53 Å². The molecule has 0 spiro atoms. The number of rotatable bonds is 3. The fraction of sp³-hybridized carbons (Fsp3) is 0.625. The molecule has 58 valence electrons. The van der Waals surface area contributed by atoms with Gasteiger partial charge < -0.3 is 4.74 Å². The Morgan fingerprint density at radius 2 is 2.00 bits per heavy atom. The van der Waals surface area contributed by atoms with Gasteiger partial charge in [0.1, 0.15) is 5.60 Å². The maximum atomic E-state index is 11.1. The quantitative estimate of drug-likeness (QED) is 0.559. The summed E-state index contributed by atoms with van der Waals surface area (Å²) >= 11 is 0. The Bertz CT molecular complexity index is 145. The molecule has 0 aliphatic rings. The number of carbonyl (C=O) groups excluding carboxylic acids is 1. The van der Waals surface area contributed by atoms with Crippen LogP contribution in [-0.2, 0) is 9.53 Å². The SMILES string of the molecule is C/C=C/C(=O)C(C)(C)OC. The largest absolute Gasteiger partial charge is 0.371 e. The molecule has 0 bridgehead atoms. The summed E-state index contributed by atoms with van der Waals surface area (Å²) in [6.07, 6.45) is 3.23. The van der Waals surface area contributed by atoms with Crippen LogP contribution in [0.4, 0.5) is 0 Å². The number of hydrogen-bond donors (Lipinski definition) is 0. The van der Waals surface area contributed by atoms with Gasteiger partial charge in [-0.15, -0.1) is 0 Å². The molecule has 0 atom stereocenters. The lowest BCUT2D eigenvalue weighted by atomic mass is 10.0. The number of ether oxygens (including phenoxy) is 1. The summed E-state index contributed by atoms with van der Waals surface area (Å²) in [6, 6.07) is 0. The lowest BCUT2D eigenvalue weighted by molar-refractivity contribution is -0.131. The molecule has 2 heteroatoms. The van der Waals surface area contributed by atoms with E-state index in [4.69, 9.17) is 4.74 Å². The van der Waals surface area contributed by atoms with Gasteiger partial charge in [0.05, 0.1) is 0 Å². The van der Waals surface area contributed by atoms with Gasteiger partial charge in [-0.05, 0) is 26.8 Å². The Morgan fingerprint density at radius 3 is 2.30 bits per heavy atom. The second-order valence-electron chi connectivity index (χ2n) is 2.58. The van der Waals surface area contributed by atoms with Crippen LogP contribution in [0.25, 0.3) is 0 Å². The molecular formula is C8H14O2. The first-order valence-electron chi connectivity index (χ1n) is 3.27. The molecule has 0 aromatic rings. The van der Waals surface area contributed by atoms with Crippen molar-refractivity contribution >= 4 is 5.78 Å². The Hall–Kier alpha value is -0.630. The van der Waals surface area contributed by atoms with E-state index >= 15 is 0 Å². The average molecular weight is 142 g/mol. The van der Waals surface area contributed by atoms with Gasteiger partial charge in [-0.1, -0.05) is 6.08 Å². The van der Waals surface area contributed by atoms with Gasteiger partial charge in [-0.25, -0.2) is 0 Å². The molecule has 0 aromatic heterocycles. The highest BCUT2D eigenvalue weighted by Crippen LogP contribution is 2.08. The van der Waals surface area contributed by atoms with Gasteiger partial charge in [-0.3, -0.25) is 4.79 Å². The second kappa shape index (κ2) is 3.52. The number of ketones is 1. The van der Waals surface area contributed by atoms with Gasteiger partial charge in [-0.2, -0.15) is 0 Å². The smallest absolute Gasteiger partial charge is 0.186 e. The van der Waals surface area contributed by atoms with E-state index in [1.807, 2.05) is 6.92 Å². The van der Waals surface area contributed by atoms with E-state index in [1.165, 1.54) is 13.2 Å². The molecule has 2 nitrogen and oxygen atoms in total. The first kappa shape index (κ1) is 9.37. The van der Waals surface area contributed by atoms with Crippen LogP contribution in [0.15, 0.2) is 12.2 Å². The highest BCUT2D eigenvalue weighted by Gasteiger charge is 2.23. The van der Waals surface area contributed by atoms with E-state index in [-0.39, 0.29) is 5.78 Å². The summed E-state index contributed by atoms with van der Waals surface area (Å²) in [5, 5.41) is 0. The van der Waals surface area contributed by atoms with Crippen LogP contribution in [-0.4, -0.2) is 18.5 Å². The fourth-order valence-corrected chi connectivity index (χ4v) is 0.453. The molecule has 0 N–H and O–H groups in total. The van der Waals surface area contributed by atoms with Crippen LogP contribution < -0.4 is 0 Å². The third-order valence-corrected chi connectivity index (χ3v) is 1.42. The molecule has 0 aliphatic heterocycles. The zero-order chi connectivity index (χ0) is 8.20. The minimum Gasteiger partial charge on any atom is -0.371 e. The van der Waals surface area contributed by atoms with Crippen molar-refractivity contribution in [3.05, 3.63) is 12.2 Å². The Morgan fingerprint density at radius 1 is 1.50 bits per heavy atom. The van der Waals surface area contributed by atoms with Crippen molar-refractivity contribution in [2.75, 3.05) is 7.11 Å². The summed E-state index contributed by atoms with van der Waals surface area (Å²) in [5.74, 6) is -0.00231. The lowest BCUT2D eigenvalue weighted by Crippen LogP contribution is -2.32. The second-order valence-corrected chi connectivity index (χ2v) is 2.58. The van der Waals surface area contributed by atoms with Crippen LogP contribution in [0, 0.1) is 0 Å². The van der Waals surface area contributed by atoms with Crippen LogP contribution in [0.3, 0.4) is 0 Å². The molecule has 0 rings (SSSR count). The highest BCUT2D eigenvalue weighted by molar-refractivity contribution is 5.96.